The van der Waals surface area contributed by atoms with Gasteiger partial charge in [0, 0.05) is 30.7 Å². The van der Waals surface area contributed by atoms with Gasteiger partial charge in [0.25, 0.3) is 5.19 Å². The molecule has 200 valence electrons. The highest BCUT2D eigenvalue weighted by Gasteiger charge is 2.22. The second-order valence-corrected chi connectivity index (χ2v) is 9.02. The zero-order valence-corrected chi connectivity index (χ0v) is 21.4. The minimum absolute atomic E-state index is 0.00994. The Bertz CT molecular complexity index is 1470. The van der Waals surface area contributed by atoms with E-state index in [1.807, 2.05) is 0 Å². The first-order valence-corrected chi connectivity index (χ1v) is 12.0. The number of aromatic nitrogens is 1. The van der Waals surface area contributed by atoms with Crippen molar-refractivity contribution in [2.45, 2.75) is 26.2 Å². The van der Waals surface area contributed by atoms with Crippen LogP contribution in [0.1, 0.15) is 40.8 Å². The summed E-state index contributed by atoms with van der Waals surface area (Å²) in [6.45, 7) is 1.37. The lowest BCUT2D eigenvalue weighted by molar-refractivity contribution is -0.134. The van der Waals surface area contributed by atoms with Gasteiger partial charge in [-0.3, -0.25) is 4.79 Å². The van der Waals surface area contributed by atoms with Gasteiger partial charge in [0.1, 0.15) is 22.8 Å². The molecule has 0 spiro atoms. The number of methoxy groups -OCH3 is 1. The maximum absolute atomic E-state index is 13.4. The third-order valence-corrected chi connectivity index (χ3v) is 6.20. The summed E-state index contributed by atoms with van der Waals surface area (Å²) in [6.07, 6.45) is 5.37. The van der Waals surface area contributed by atoms with Crippen molar-refractivity contribution in [3.8, 4) is 16.7 Å². The Morgan fingerprint density at radius 3 is 2.53 bits per heavy atom. The van der Waals surface area contributed by atoms with Crippen LogP contribution in [0.4, 0.5) is 13.2 Å². The van der Waals surface area contributed by atoms with Crippen LogP contribution in [-0.4, -0.2) is 29.0 Å². The zero-order valence-electron chi connectivity index (χ0n) is 19.8. The molecule has 3 rings (SSSR count). The summed E-state index contributed by atoms with van der Waals surface area (Å²) < 4.78 is 54.8. The Hall–Kier alpha value is -3.90. The number of carbonyl (C=O) groups excluding carboxylic acids is 2. The Morgan fingerprint density at radius 1 is 1.21 bits per heavy atom. The number of aryl methyl sites for hydroxylation is 1. The number of benzene rings is 1. The quantitative estimate of drug-likeness (QED) is 0.104. The Kier molecular flexibility index (Phi) is 9.48. The first kappa shape index (κ1) is 28.7. The topological polar surface area (TPSA) is 116 Å². The molecule has 1 N–H and O–H groups in total. The fourth-order valence-electron chi connectivity index (χ4n) is 3.08. The lowest BCUT2D eigenvalue weighted by Gasteiger charge is -2.05. The molecule has 2 heterocycles. The molecule has 8 nitrogen and oxygen atoms in total. The number of carbonyl (C=O) groups is 2. The van der Waals surface area contributed by atoms with E-state index in [9.17, 15) is 32.7 Å². The third-order valence-electron chi connectivity index (χ3n) is 4.92. The number of Topliss-reactive ketones (excluding diaryl/α,β-unsaturated/α-hetero) is 1. The van der Waals surface area contributed by atoms with Crippen molar-refractivity contribution in [2.24, 2.45) is 0 Å². The van der Waals surface area contributed by atoms with Crippen LogP contribution >= 0.6 is 22.9 Å². The number of ketones is 1. The van der Waals surface area contributed by atoms with Crippen molar-refractivity contribution in [3.05, 3.63) is 85.1 Å². The molecule has 0 saturated carbocycles. The zero-order chi connectivity index (χ0) is 28.0. The highest BCUT2D eigenvalue weighted by atomic mass is 35.5. The summed E-state index contributed by atoms with van der Waals surface area (Å²) in [5, 5.41) is 10.1. The Labute approximate surface area is 222 Å². The summed E-state index contributed by atoms with van der Waals surface area (Å²) in [7, 11) is 1.25. The first-order chi connectivity index (χ1) is 18.0. The van der Waals surface area contributed by atoms with Gasteiger partial charge >= 0.3 is 11.6 Å². The maximum Gasteiger partial charge on any atom is 0.351 e. The molecule has 38 heavy (non-hydrogen) atoms. The summed E-state index contributed by atoms with van der Waals surface area (Å²) in [5.41, 5.74) is -1.63. The van der Waals surface area contributed by atoms with Gasteiger partial charge in [-0.05, 0) is 31.4 Å². The summed E-state index contributed by atoms with van der Waals surface area (Å²) in [6, 6.07) is 2.42. The molecule has 2 aromatic heterocycles. The maximum atomic E-state index is 13.4. The average Bonchev–Trinajstić information content (AvgIpc) is 3.19. The number of esters is 1. The van der Waals surface area contributed by atoms with E-state index in [0.29, 0.717) is 25.0 Å². The molecule has 0 unspecified atom stereocenters. The van der Waals surface area contributed by atoms with E-state index in [0.717, 1.165) is 11.3 Å². The van der Waals surface area contributed by atoms with Gasteiger partial charge in [0.05, 0.1) is 12.0 Å². The van der Waals surface area contributed by atoms with Crippen molar-refractivity contribution in [1.82, 2.24) is 4.98 Å². The normalized spacial score (nSPS) is 11.7. The molecule has 0 aliphatic heterocycles. The number of ether oxygens (including phenoxy) is 2. The number of hydrogen-bond acceptors (Lipinski definition) is 9. The van der Waals surface area contributed by atoms with Crippen molar-refractivity contribution < 1.29 is 41.8 Å². The van der Waals surface area contributed by atoms with Gasteiger partial charge in [0.15, 0.2) is 28.4 Å². The Morgan fingerprint density at radius 2 is 1.89 bits per heavy atom. The second kappa shape index (κ2) is 12.6. The molecule has 0 saturated heterocycles. The predicted octanol–water partition coefficient (Wildman–Crippen LogP) is 6.00. The molecule has 0 aliphatic rings. The molecule has 13 heteroatoms. The van der Waals surface area contributed by atoms with E-state index < -0.39 is 46.1 Å². The number of hydrogen-bond donors (Lipinski definition) is 1. The highest BCUT2D eigenvalue weighted by molar-refractivity contribution is 7.14. The van der Waals surface area contributed by atoms with E-state index in [4.69, 9.17) is 20.8 Å². The van der Waals surface area contributed by atoms with E-state index >= 15 is 0 Å². The summed E-state index contributed by atoms with van der Waals surface area (Å²) >= 11 is 6.88. The smallest absolute Gasteiger partial charge is 0.351 e. The van der Waals surface area contributed by atoms with Crippen molar-refractivity contribution >= 4 is 40.8 Å². The molecule has 0 fully saturated rings. The van der Waals surface area contributed by atoms with Crippen LogP contribution in [-0.2, 0) is 16.0 Å². The lowest BCUT2D eigenvalue weighted by atomic mass is 10.0. The number of thiazole rings is 1. The molecule has 0 atom stereocenters. The van der Waals surface area contributed by atoms with Gasteiger partial charge in [-0.15, -0.1) is 0 Å². The van der Waals surface area contributed by atoms with Crippen LogP contribution in [0, 0.1) is 17.5 Å². The van der Waals surface area contributed by atoms with Crippen molar-refractivity contribution in [1.29, 1.82) is 0 Å². The third kappa shape index (κ3) is 7.11. The van der Waals surface area contributed by atoms with Gasteiger partial charge in [-0.1, -0.05) is 29.0 Å². The number of allylic oxidation sites excluding steroid dienone is 2. The first-order valence-electron chi connectivity index (χ1n) is 10.8. The Balaban J connectivity index is 1.73. The van der Waals surface area contributed by atoms with Crippen LogP contribution < -0.4 is 10.4 Å². The van der Waals surface area contributed by atoms with Gasteiger partial charge in [0.2, 0.25) is 0 Å². The lowest BCUT2D eigenvalue weighted by Crippen LogP contribution is -2.16. The van der Waals surface area contributed by atoms with Gasteiger partial charge in [-0.2, -0.15) is 4.98 Å². The second-order valence-electron chi connectivity index (χ2n) is 7.67. The number of rotatable bonds is 10. The van der Waals surface area contributed by atoms with Crippen LogP contribution in [0.25, 0.3) is 6.08 Å². The van der Waals surface area contributed by atoms with Crippen LogP contribution in [0.5, 0.6) is 16.7 Å². The predicted molar refractivity (Wildman–Crippen MR) is 132 cm³/mol. The van der Waals surface area contributed by atoms with E-state index in [1.165, 1.54) is 32.3 Å². The van der Waals surface area contributed by atoms with E-state index in [2.05, 4.69) is 9.72 Å². The minimum atomic E-state index is -1.65. The highest BCUT2D eigenvalue weighted by Crippen LogP contribution is 2.35. The van der Waals surface area contributed by atoms with E-state index in [-0.39, 0.29) is 38.7 Å². The molecule has 0 amide bonds. The SMILES string of the molecule is COC(=O)/C=C/CCCc1cc(O)c(C(=O)/C(C)=C/c2sc(Oc3cc(F)c(F)c(F)c3)nc2Cl)c(=O)o1. The largest absolute Gasteiger partial charge is 0.507 e. The summed E-state index contributed by atoms with van der Waals surface area (Å²) in [5.74, 6) is -6.68. The summed E-state index contributed by atoms with van der Waals surface area (Å²) in [4.78, 5) is 40.4. The fraction of sp³-hybridized carbons (Fsp3) is 0.200. The van der Waals surface area contributed by atoms with Crippen LogP contribution in [0.15, 0.2) is 45.1 Å². The van der Waals surface area contributed by atoms with E-state index in [1.54, 1.807) is 6.08 Å². The molecule has 3 aromatic rings. The number of unbranched alkanes of at least 4 members (excludes halogenated alkanes) is 1. The molecule has 0 bridgehead atoms. The molecule has 0 aliphatic carbocycles. The minimum Gasteiger partial charge on any atom is -0.507 e. The monoisotopic (exact) mass is 569 g/mol. The molecular formula is C25H19ClF3NO7S. The van der Waals surface area contributed by atoms with Crippen molar-refractivity contribution in [3.63, 3.8) is 0 Å². The number of nitrogens with zero attached hydrogens (tertiary/aromatic N) is 1. The van der Waals surface area contributed by atoms with Gasteiger partial charge < -0.3 is 19.0 Å². The van der Waals surface area contributed by atoms with Crippen LogP contribution in [0.3, 0.4) is 0 Å². The number of halogens is 4. The molecule has 0 radical (unpaired) electrons. The molecule has 1 aromatic carbocycles. The molecular weight excluding hydrogens is 551 g/mol. The van der Waals surface area contributed by atoms with Gasteiger partial charge in [-0.25, -0.2) is 22.8 Å². The standard InChI is InChI=1S/C25H19ClF3NO7S/c1-12(8-18-23(26)30-25(38-18)37-14-9-15(27)21(29)16(28)10-14)22(33)20-17(31)11-13(36-24(20)34)6-4-3-5-7-19(32)35-2/h5,7-11,31H,3-4,6H2,1-2H3/b7-5+,12-8+. The van der Waals surface area contributed by atoms with Crippen LogP contribution in [0.2, 0.25) is 5.15 Å². The van der Waals surface area contributed by atoms with Crippen molar-refractivity contribution in [2.75, 3.05) is 7.11 Å². The number of aromatic hydroxyl groups is 1. The average molecular weight is 570 g/mol. The fourth-order valence-corrected chi connectivity index (χ4v) is 4.21.